The minimum absolute atomic E-state index is 0.133. The SMILES string of the molecule is COc1cc(C)c(S(=O)(=O)N[C@H](c2ccccc2)c2ccc(C)cc2C)cc1C(C)C. The average Bonchev–Trinajstić information content (AvgIpc) is 2.72. The van der Waals surface area contributed by atoms with E-state index in [9.17, 15) is 8.42 Å². The maximum Gasteiger partial charge on any atom is 0.241 e. The van der Waals surface area contributed by atoms with E-state index in [2.05, 4.69) is 10.8 Å². The van der Waals surface area contributed by atoms with Gasteiger partial charge in [-0.3, -0.25) is 0 Å². The Labute approximate surface area is 186 Å². The van der Waals surface area contributed by atoms with Crippen molar-refractivity contribution < 1.29 is 13.2 Å². The van der Waals surface area contributed by atoms with Crippen LogP contribution in [0.3, 0.4) is 0 Å². The van der Waals surface area contributed by atoms with Gasteiger partial charge in [0.05, 0.1) is 18.0 Å². The molecule has 0 aliphatic rings. The van der Waals surface area contributed by atoms with Crippen LogP contribution < -0.4 is 9.46 Å². The van der Waals surface area contributed by atoms with Crippen LogP contribution >= 0.6 is 0 Å². The second-order valence-electron chi connectivity index (χ2n) is 8.34. The standard InChI is InChI=1S/C26H31NO3S/c1-17(2)23-16-25(20(5)15-24(23)30-6)31(28,29)27-26(21-10-8-7-9-11-21)22-13-12-18(3)14-19(22)4/h7-17,26-27H,1-6H3/t26-/m1/s1. The molecule has 0 heterocycles. The molecule has 4 nitrogen and oxygen atoms in total. The molecule has 3 aromatic carbocycles. The summed E-state index contributed by atoms with van der Waals surface area (Å²) >= 11 is 0. The third-order valence-electron chi connectivity index (χ3n) is 5.58. The minimum Gasteiger partial charge on any atom is -0.496 e. The molecule has 0 bridgehead atoms. The van der Waals surface area contributed by atoms with E-state index in [0.717, 1.165) is 27.8 Å². The van der Waals surface area contributed by atoms with Gasteiger partial charge in [-0.25, -0.2) is 8.42 Å². The molecule has 0 saturated carbocycles. The highest BCUT2D eigenvalue weighted by atomic mass is 32.2. The van der Waals surface area contributed by atoms with Gasteiger partial charge in [0.1, 0.15) is 5.75 Å². The van der Waals surface area contributed by atoms with Gasteiger partial charge in [-0.15, -0.1) is 0 Å². The first kappa shape index (κ1) is 23.0. The molecule has 3 aromatic rings. The normalized spacial score (nSPS) is 12.7. The van der Waals surface area contributed by atoms with Gasteiger partial charge >= 0.3 is 0 Å². The van der Waals surface area contributed by atoms with Gasteiger partial charge in [-0.05, 0) is 66.6 Å². The first-order valence-corrected chi connectivity index (χ1v) is 11.9. The largest absolute Gasteiger partial charge is 0.496 e. The van der Waals surface area contributed by atoms with Gasteiger partial charge in [0.2, 0.25) is 10.0 Å². The van der Waals surface area contributed by atoms with Crippen LogP contribution in [0.2, 0.25) is 0 Å². The Kier molecular flexibility index (Phi) is 6.87. The molecular formula is C26H31NO3S. The number of hydrogen-bond acceptors (Lipinski definition) is 3. The van der Waals surface area contributed by atoms with Gasteiger partial charge in [-0.1, -0.05) is 67.9 Å². The lowest BCUT2D eigenvalue weighted by molar-refractivity contribution is 0.406. The third kappa shape index (κ3) is 5.00. The maximum atomic E-state index is 13.6. The van der Waals surface area contributed by atoms with Crippen LogP contribution in [-0.2, 0) is 10.0 Å². The topological polar surface area (TPSA) is 55.4 Å². The van der Waals surface area contributed by atoms with E-state index in [1.54, 1.807) is 26.2 Å². The van der Waals surface area contributed by atoms with Gasteiger partial charge in [0.25, 0.3) is 0 Å². The van der Waals surface area contributed by atoms with Crippen LogP contribution in [0.15, 0.2) is 65.6 Å². The number of sulfonamides is 1. The summed E-state index contributed by atoms with van der Waals surface area (Å²) in [6, 6.07) is 18.8. The summed E-state index contributed by atoms with van der Waals surface area (Å²) in [6.45, 7) is 9.91. The van der Waals surface area contributed by atoms with E-state index >= 15 is 0 Å². The molecule has 0 aromatic heterocycles. The Morgan fingerprint density at radius 1 is 0.839 bits per heavy atom. The molecule has 0 aliphatic heterocycles. The number of nitrogens with one attached hydrogen (secondary N) is 1. The monoisotopic (exact) mass is 437 g/mol. The lowest BCUT2D eigenvalue weighted by Gasteiger charge is -2.23. The van der Waals surface area contributed by atoms with E-state index in [0.29, 0.717) is 11.3 Å². The van der Waals surface area contributed by atoms with Gasteiger partial charge in [-0.2, -0.15) is 4.72 Å². The Morgan fingerprint density at radius 2 is 1.52 bits per heavy atom. The van der Waals surface area contributed by atoms with Crippen molar-refractivity contribution in [2.24, 2.45) is 0 Å². The first-order valence-electron chi connectivity index (χ1n) is 10.5. The molecule has 0 unspecified atom stereocenters. The van der Waals surface area contributed by atoms with Crippen molar-refractivity contribution in [2.75, 3.05) is 7.11 Å². The van der Waals surface area contributed by atoms with Crippen molar-refractivity contribution in [1.82, 2.24) is 4.72 Å². The predicted molar refractivity (Wildman–Crippen MR) is 126 cm³/mol. The number of aryl methyl sites for hydroxylation is 3. The molecule has 0 radical (unpaired) electrons. The van der Waals surface area contributed by atoms with Crippen LogP contribution in [0.25, 0.3) is 0 Å². The summed E-state index contributed by atoms with van der Waals surface area (Å²) in [7, 11) is -2.19. The molecule has 3 rings (SSSR count). The fourth-order valence-corrected chi connectivity index (χ4v) is 5.38. The van der Waals surface area contributed by atoms with Crippen LogP contribution in [0, 0.1) is 20.8 Å². The van der Waals surface area contributed by atoms with Crippen molar-refractivity contribution in [1.29, 1.82) is 0 Å². The van der Waals surface area contributed by atoms with E-state index in [4.69, 9.17) is 4.74 Å². The number of ether oxygens (including phenoxy) is 1. The lowest BCUT2D eigenvalue weighted by Crippen LogP contribution is -2.30. The highest BCUT2D eigenvalue weighted by Crippen LogP contribution is 2.33. The fourth-order valence-electron chi connectivity index (χ4n) is 3.92. The zero-order chi connectivity index (χ0) is 22.8. The zero-order valence-corrected chi connectivity index (χ0v) is 19.9. The molecule has 0 aliphatic carbocycles. The third-order valence-corrected chi connectivity index (χ3v) is 7.15. The number of methoxy groups -OCH3 is 1. The second kappa shape index (κ2) is 9.25. The minimum atomic E-state index is -3.80. The van der Waals surface area contributed by atoms with E-state index in [-0.39, 0.29) is 10.8 Å². The Bertz CT molecular complexity index is 1170. The van der Waals surface area contributed by atoms with Crippen LogP contribution in [0.4, 0.5) is 0 Å². The number of benzene rings is 3. The van der Waals surface area contributed by atoms with Crippen molar-refractivity contribution in [3.63, 3.8) is 0 Å². The van der Waals surface area contributed by atoms with Crippen molar-refractivity contribution in [3.05, 3.63) is 94.0 Å². The molecule has 0 fully saturated rings. The molecule has 1 atom stereocenters. The molecule has 31 heavy (non-hydrogen) atoms. The van der Waals surface area contributed by atoms with Crippen LogP contribution in [0.1, 0.15) is 59.2 Å². The number of rotatable bonds is 7. The van der Waals surface area contributed by atoms with Gasteiger partial charge < -0.3 is 4.74 Å². The smallest absolute Gasteiger partial charge is 0.241 e. The molecule has 0 saturated heterocycles. The second-order valence-corrected chi connectivity index (χ2v) is 10.0. The summed E-state index contributed by atoms with van der Waals surface area (Å²) in [5.41, 5.74) is 5.55. The van der Waals surface area contributed by atoms with Gasteiger partial charge in [0, 0.05) is 0 Å². The van der Waals surface area contributed by atoms with Crippen LogP contribution in [-0.4, -0.2) is 15.5 Å². The first-order chi connectivity index (χ1) is 14.6. The molecule has 164 valence electrons. The Morgan fingerprint density at radius 3 is 2.10 bits per heavy atom. The predicted octanol–water partition coefficient (Wildman–Crippen LogP) is 5.81. The summed E-state index contributed by atoms with van der Waals surface area (Å²) < 4.78 is 35.7. The van der Waals surface area contributed by atoms with Gasteiger partial charge in [0.15, 0.2) is 0 Å². The highest BCUT2D eigenvalue weighted by molar-refractivity contribution is 7.89. The Hall–Kier alpha value is -2.63. The molecular weight excluding hydrogens is 406 g/mol. The lowest BCUT2D eigenvalue weighted by atomic mass is 9.95. The zero-order valence-electron chi connectivity index (χ0n) is 19.1. The summed E-state index contributed by atoms with van der Waals surface area (Å²) in [6.07, 6.45) is 0. The molecule has 0 amide bonds. The highest BCUT2D eigenvalue weighted by Gasteiger charge is 2.27. The quantitative estimate of drug-likeness (QED) is 0.507. The van der Waals surface area contributed by atoms with Crippen LogP contribution in [0.5, 0.6) is 5.75 Å². The van der Waals surface area contributed by atoms with Crippen molar-refractivity contribution >= 4 is 10.0 Å². The van der Waals surface area contributed by atoms with Crippen molar-refractivity contribution in [2.45, 2.75) is 51.5 Å². The van der Waals surface area contributed by atoms with E-state index in [1.165, 1.54) is 0 Å². The van der Waals surface area contributed by atoms with E-state index < -0.39 is 16.1 Å². The maximum absolute atomic E-state index is 13.6. The molecule has 5 heteroatoms. The molecule has 1 N–H and O–H groups in total. The van der Waals surface area contributed by atoms with E-state index in [1.807, 2.05) is 70.2 Å². The average molecular weight is 438 g/mol. The summed E-state index contributed by atoms with van der Waals surface area (Å²) in [4.78, 5) is 0.280. The summed E-state index contributed by atoms with van der Waals surface area (Å²) in [5, 5.41) is 0. The fraction of sp³-hybridized carbons (Fsp3) is 0.308. The Balaban J connectivity index is 2.12. The van der Waals surface area contributed by atoms with Crippen molar-refractivity contribution in [3.8, 4) is 5.75 Å². The number of hydrogen-bond donors (Lipinski definition) is 1. The molecule has 0 spiro atoms. The summed E-state index contributed by atoms with van der Waals surface area (Å²) in [5.74, 6) is 0.842.